The number of hydrogen-bond acceptors (Lipinski definition) is 1. The molecule has 0 amide bonds. The second-order valence-corrected chi connectivity index (χ2v) is 9.43. The van der Waals surface area contributed by atoms with Gasteiger partial charge in [-0.1, -0.05) is 69.2 Å². The number of ether oxygens (including phenoxy) is 1. The van der Waals surface area contributed by atoms with Crippen molar-refractivity contribution in [2.75, 3.05) is 13.2 Å². The summed E-state index contributed by atoms with van der Waals surface area (Å²) >= 11 is 0. The summed E-state index contributed by atoms with van der Waals surface area (Å²) in [6, 6.07) is 0. The summed E-state index contributed by atoms with van der Waals surface area (Å²) < 4.78 is 6.47. The van der Waals surface area contributed by atoms with E-state index in [-0.39, 0.29) is 0 Å². The Labute approximate surface area is 148 Å². The van der Waals surface area contributed by atoms with Gasteiger partial charge < -0.3 is 4.74 Å². The summed E-state index contributed by atoms with van der Waals surface area (Å²) in [6.07, 6.45) is 4.97. The molecule has 0 aliphatic carbocycles. The average Bonchev–Trinajstić information content (AvgIpc) is 2.43. The van der Waals surface area contributed by atoms with E-state index in [1.165, 1.54) is 25.7 Å². The van der Waals surface area contributed by atoms with Gasteiger partial charge in [0.15, 0.2) is 0 Å². The minimum atomic E-state index is 0.336. The van der Waals surface area contributed by atoms with Crippen molar-refractivity contribution in [3.63, 3.8) is 0 Å². The van der Waals surface area contributed by atoms with Gasteiger partial charge in [0, 0.05) is 0 Å². The molecular formula is C22H46O. The smallest absolute Gasteiger partial charge is 0.0525 e. The molecule has 2 unspecified atom stereocenters. The molecule has 0 bridgehead atoms. The first-order chi connectivity index (χ1) is 10.5. The average molecular weight is 327 g/mol. The highest BCUT2D eigenvalue weighted by Gasteiger charge is 2.36. The highest BCUT2D eigenvalue weighted by Crippen LogP contribution is 2.41. The summed E-state index contributed by atoms with van der Waals surface area (Å²) in [5.41, 5.74) is 0.672. The predicted molar refractivity (Wildman–Crippen MR) is 105 cm³/mol. The van der Waals surface area contributed by atoms with E-state index in [0.717, 1.165) is 25.0 Å². The Bertz CT molecular complexity index is 275. The van der Waals surface area contributed by atoms with Gasteiger partial charge in [0.25, 0.3) is 0 Å². The molecule has 0 aliphatic heterocycles. The highest BCUT2D eigenvalue weighted by atomic mass is 16.5. The Kier molecular flexibility index (Phi) is 10.0. The molecule has 0 fully saturated rings. The van der Waals surface area contributed by atoms with Gasteiger partial charge in [0.05, 0.1) is 13.2 Å². The fourth-order valence-electron chi connectivity index (χ4n) is 4.32. The third kappa shape index (κ3) is 6.77. The maximum Gasteiger partial charge on any atom is 0.0525 e. The van der Waals surface area contributed by atoms with Gasteiger partial charge in [-0.25, -0.2) is 0 Å². The van der Waals surface area contributed by atoms with Crippen LogP contribution in [-0.2, 0) is 4.74 Å². The minimum absolute atomic E-state index is 0.336. The van der Waals surface area contributed by atoms with Gasteiger partial charge in [-0.15, -0.1) is 0 Å². The van der Waals surface area contributed by atoms with Crippen molar-refractivity contribution in [2.45, 2.75) is 94.9 Å². The minimum Gasteiger partial charge on any atom is -0.380 e. The maximum atomic E-state index is 6.47. The van der Waals surface area contributed by atoms with E-state index in [0.29, 0.717) is 22.7 Å². The van der Waals surface area contributed by atoms with Gasteiger partial charge in [-0.3, -0.25) is 0 Å². The lowest BCUT2D eigenvalue weighted by atomic mass is 9.69. The fraction of sp³-hybridized carbons (Fsp3) is 1.00. The first-order valence-electron chi connectivity index (χ1n) is 10.1. The molecule has 140 valence electrons. The van der Waals surface area contributed by atoms with E-state index in [9.17, 15) is 0 Å². The molecular weight excluding hydrogens is 280 g/mol. The molecule has 2 atom stereocenters. The Morgan fingerprint density at radius 1 is 0.609 bits per heavy atom. The topological polar surface area (TPSA) is 9.23 Å². The first kappa shape index (κ1) is 23.0. The molecule has 1 heteroatoms. The molecule has 0 spiro atoms. The molecule has 0 rings (SSSR count). The summed E-state index contributed by atoms with van der Waals surface area (Å²) in [5.74, 6) is 2.82. The van der Waals surface area contributed by atoms with Crippen LogP contribution in [0.15, 0.2) is 0 Å². The Hall–Kier alpha value is -0.0400. The molecule has 0 N–H and O–H groups in total. The van der Waals surface area contributed by atoms with Crippen LogP contribution in [0.4, 0.5) is 0 Å². The molecule has 0 radical (unpaired) electrons. The second kappa shape index (κ2) is 10.1. The lowest BCUT2D eigenvalue weighted by Crippen LogP contribution is -2.38. The van der Waals surface area contributed by atoms with Crippen LogP contribution in [0, 0.1) is 34.5 Å². The van der Waals surface area contributed by atoms with Crippen molar-refractivity contribution in [3.8, 4) is 0 Å². The fourth-order valence-corrected chi connectivity index (χ4v) is 4.32. The van der Waals surface area contributed by atoms with Crippen LogP contribution in [-0.4, -0.2) is 13.2 Å². The lowest BCUT2D eigenvalue weighted by molar-refractivity contribution is -0.0575. The molecule has 0 aromatic heterocycles. The Balaban J connectivity index is 5.01. The summed E-state index contributed by atoms with van der Waals surface area (Å²) in [4.78, 5) is 0. The molecule has 0 saturated heterocycles. The van der Waals surface area contributed by atoms with Gasteiger partial charge in [0.2, 0.25) is 0 Å². The van der Waals surface area contributed by atoms with Crippen molar-refractivity contribution in [3.05, 3.63) is 0 Å². The maximum absolute atomic E-state index is 6.47. The zero-order chi connectivity index (χ0) is 18.3. The molecule has 23 heavy (non-hydrogen) atoms. The summed E-state index contributed by atoms with van der Waals surface area (Å²) in [7, 11) is 0. The van der Waals surface area contributed by atoms with Crippen molar-refractivity contribution < 1.29 is 4.74 Å². The molecule has 0 saturated carbocycles. The molecule has 0 heterocycles. The first-order valence-corrected chi connectivity index (χ1v) is 10.1. The number of rotatable bonds is 12. The zero-order valence-corrected chi connectivity index (χ0v) is 18.0. The monoisotopic (exact) mass is 326 g/mol. The van der Waals surface area contributed by atoms with Crippen molar-refractivity contribution in [2.24, 2.45) is 34.5 Å². The SMILES string of the molecule is CCC(COCC(CC)(CC(C)C)C(C)C)(CC(C)C)C(C)C. The third-order valence-corrected chi connectivity index (χ3v) is 6.27. The van der Waals surface area contributed by atoms with Crippen molar-refractivity contribution in [1.82, 2.24) is 0 Å². The molecule has 0 aromatic rings. The standard InChI is InChI=1S/C22H46O/c1-11-21(19(7)8,13-17(3)4)15-23-16-22(12-2,20(9)10)14-18(5)6/h17-20H,11-16H2,1-10H3. The van der Waals surface area contributed by atoms with E-state index in [4.69, 9.17) is 4.74 Å². The normalized spacial score (nSPS) is 18.0. The van der Waals surface area contributed by atoms with E-state index < -0.39 is 0 Å². The van der Waals surface area contributed by atoms with Crippen LogP contribution >= 0.6 is 0 Å². The summed E-state index contributed by atoms with van der Waals surface area (Å²) in [5, 5.41) is 0. The third-order valence-electron chi connectivity index (χ3n) is 6.27. The lowest BCUT2D eigenvalue weighted by Gasteiger charge is -2.42. The van der Waals surface area contributed by atoms with Crippen LogP contribution in [0.5, 0.6) is 0 Å². The molecule has 1 nitrogen and oxygen atoms in total. The van der Waals surface area contributed by atoms with Crippen molar-refractivity contribution in [1.29, 1.82) is 0 Å². The highest BCUT2D eigenvalue weighted by molar-refractivity contribution is 4.85. The van der Waals surface area contributed by atoms with Crippen molar-refractivity contribution >= 4 is 0 Å². The van der Waals surface area contributed by atoms with Gasteiger partial charge in [0.1, 0.15) is 0 Å². The quantitative estimate of drug-likeness (QED) is 0.368. The van der Waals surface area contributed by atoms with E-state index >= 15 is 0 Å². The molecule has 0 aliphatic rings. The van der Waals surface area contributed by atoms with Crippen LogP contribution in [0.3, 0.4) is 0 Å². The van der Waals surface area contributed by atoms with Gasteiger partial charge >= 0.3 is 0 Å². The van der Waals surface area contributed by atoms with Gasteiger partial charge in [-0.05, 0) is 60.2 Å². The van der Waals surface area contributed by atoms with Crippen LogP contribution in [0.25, 0.3) is 0 Å². The van der Waals surface area contributed by atoms with Crippen LogP contribution in [0.2, 0.25) is 0 Å². The van der Waals surface area contributed by atoms with E-state index in [1.807, 2.05) is 0 Å². The molecule has 0 aromatic carbocycles. The zero-order valence-electron chi connectivity index (χ0n) is 18.0. The van der Waals surface area contributed by atoms with Gasteiger partial charge in [-0.2, -0.15) is 0 Å². The second-order valence-electron chi connectivity index (χ2n) is 9.43. The van der Waals surface area contributed by atoms with Crippen LogP contribution < -0.4 is 0 Å². The Morgan fingerprint density at radius 2 is 0.913 bits per heavy atom. The number of hydrogen-bond donors (Lipinski definition) is 0. The largest absolute Gasteiger partial charge is 0.380 e. The van der Waals surface area contributed by atoms with E-state index in [2.05, 4.69) is 69.2 Å². The predicted octanol–water partition coefficient (Wildman–Crippen LogP) is 7.20. The van der Waals surface area contributed by atoms with E-state index in [1.54, 1.807) is 0 Å². The van der Waals surface area contributed by atoms with Crippen LogP contribution in [0.1, 0.15) is 94.9 Å². The Morgan fingerprint density at radius 3 is 1.09 bits per heavy atom. The summed E-state index contributed by atoms with van der Waals surface area (Å²) in [6.45, 7) is 25.4.